The molecule has 0 saturated carbocycles. The zero-order chi connectivity index (χ0) is 27.1. The number of ether oxygens (including phenoxy) is 2. The van der Waals surface area contributed by atoms with Gasteiger partial charge < -0.3 is 14.8 Å². The number of nitrogens with one attached hydrogen (secondary N) is 2. The van der Waals surface area contributed by atoms with Crippen LogP contribution < -0.4 is 15.5 Å². The van der Waals surface area contributed by atoms with Crippen LogP contribution in [0.2, 0.25) is 5.02 Å². The normalized spacial score (nSPS) is 13.4. The number of hydrogen-bond acceptors (Lipinski definition) is 7. The van der Waals surface area contributed by atoms with Gasteiger partial charge in [-0.25, -0.2) is 10.2 Å². The Balaban J connectivity index is 1.36. The summed E-state index contributed by atoms with van der Waals surface area (Å²) in [6.45, 7) is 3.63. The minimum absolute atomic E-state index is 0.267. The Hall–Kier alpha value is -3.69. The fourth-order valence-electron chi connectivity index (χ4n) is 4.04. The van der Waals surface area contributed by atoms with Gasteiger partial charge in [-0.15, -0.1) is 11.3 Å². The van der Waals surface area contributed by atoms with Crippen LogP contribution in [0.15, 0.2) is 53.6 Å². The Kier molecular flexibility index (Phi) is 9.15. The van der Waals surface area contributed by atoms with Gasteiger partial charge >= 0.3 is 5.97 Å². The van der Waals surface area contributed by atoms with E-state index >= 15 is 0 Å². The topological polar surface area (TPSA) is 106 Å². The molecule has 3 aromatic rings. The number of anilines is 1. The highest BCUT2D eigenvalue weighted by Gasteiger charge is 2.27. The van der Waals surface area contributed by atoms with Crippen LogP contribution in [0.3, 0.4) is 0 Å². The molecule has 1 heterocycles. The van der Waals surface area contributed by atoms with Gasteiger partial charge in [0.05, 0.1) is 18.4 Å². The molecule has 2 amide bonds. The molecular weight excluding hydrogens is 526 g/mol. The zero-order valence-corrected chi connectivity index (χ0v) is 22.7. The van der Waals surface area contributed by atoms with Crippen molar-refractivity contribution in [1.29, 1.82) is 0 Å². The molecule has 10 heteroatoms. The van der Waals surface area contributed by atoms with E-state index in [9.17, 15) is 14.4 Å². The molecule has 0 aliphatic heterocycles. The zero-order valence-electron chi connectivity index (χ0n) is 21.1. The molecule has 2 N–H and O–H groups in total. The molecule has 38 heavy (non-hydrogen) atoms. The van der Waals surface area contributed by atoms with Gasteiger partial charge in [0, 0.05) is 15.5 Å². The number of hydrazone groups is 1. The summed E-state index contributed by atoms with van der Waals surface area (Å²) in [5.74, 6) is -0.767. The van der Waals surface area contributed by atoms with E-state index in [0.717, 1.165) is 41.7 Å². The van der Waals surface area contributed by atoms with Crippen molar-refractivity contribution in [2.75, 3.05) is 11.9 Å². The molecule has 0 bridgehead atoms. The second-order valence-corrected chi connectivity index (χ2v) is 10.2. The summed E-state index contributed by atoms with van der Waals surface area (Å²) >= 11 is 7.38. The van der Waals surface area contributed by atoms with Gasteiger partial charge in [-0.3, -0.25) is 9.59 Å². The highest BCUT2D eigenvalue weighted by atomic mass is 35.5. The molecule has 1 aliphatic carbocycles. The van der Waals surface area contributed by atoms with E-state index in [4.69, 9.17) is 21.1 Å². The van der Waals surface area contributed by atoms with E-state index in [1.165, 1.54) is 17.6 Å². The second-order valence-electron chi connectivity index (χ2n) is 8.66. The number of carbonyl (C=O) groups excluding carboxylic acids is 3. The lowest BCUT2D eigenvalue weighted by molar-refractivity contribution is -0.127. The fourth-order valence-corrected chi connectivity index (χ4v) is 5.51. The lowest BCUT2D eigenvalue weighted by Gasteiger charge is -2.13. The van der Waals surface area contributed by atoms with Gasteiger partial charge in [0.1, 0.15) is 10.8 Å². The highest BCUT2D eigenvalue weighted by molar-refractivity contribution is 7.17. The van der Waals surface area contributed by atoms with E-state index < -0.39 is 18.0 Å². The Morgan fingerprint density at radius 1 is 1.13 bits per heavy atom. The summed E-state index contributed by atoms with van der Waals surface area (Å²) in [5, 5.41) is 7.91. The number of nitrogens with zero attached hydrogens (tertiary/aromatic N) is 1. The summed E-state index contributed by atoms with van der Waals surface area (Å²) in [4.78, 5) is 39.1. The number of benzene rings is 2. The first-order valence-electron chi connectivity index (χ1n) is 12.3. The Labute approximate surface area is 230 Å². The number of esters is 1. The third kappa shape index (κ3) is 6.79. The SMILES string of the molecule is CCOC(=O)c1c(NC(=O)c2ccc(O[C@H](C)C(=O)N/N=C\c3cccc(Cl)c3)cc2)sc2c1CCCC2. The third-order valence-corrected chi connectivity index (χ3v) is 7.36. The smallest absolute Gasteiger partial charge is 0.341 e. The summed E-state index contributed by atoms with van der Waals surface area (Å²) in [7, 11) is 0. The average Bonchev–Trinajstić information content (AvgIpc) is 3.27. The average molecular weight is 554 g/mol. The number of fused-ring (bicyclic) bond motifs is 1. The molecule has 8 nitrogen and oxygen atoms in total. The van der Waals surface area contributed by atoms with Crippen molar-refractivity contribution < 1.29 is 23.9 Å². The van der Waals surface area contributed by atoms with Crippen molar-refractivity contribution in [3.8, 4) is 5.75 Å². The monoisotopic (exact) mass is 553 g/mol. The van der Waals surface area contributed by atoms with Crippen LogP contribution in [-0.4, -0.2) is 36.7 Å². The Bertz CT molecular complexity index is 1350. The third-order valence-electron chi connectivity index (χ3n) is 5.91. The van der Waals surface area contributed by atoms with Gasteiger partial charge in [0.2, 0.25) is 0 Å². The first-order chi connectivity index (χ1) is 18.4. The molecule has 1 aromatic heterocycles. The molecular formula is C28H28ClN3O5S. The molecule has 0 spiro atoms. The molecule has 0 radical (unpaired) electrons. The first kappa shape index (κ1) is 27.3. The maximum absolute atomic E-state index is 13.0. The summed E-state index contributed by atoms with van der Waals surface area (Å²) in [6.07, 6.45) is 4.44. The standard InChI is InChI=1S/C28H28ClN3O5S/c1-3-36-28(35)24-22-9-4-5-10-23(22)38-27(24)31-26(34)19-11-13-21(14-12-19)37-17(2)25(33)32-30-16-18-7-6-8-20(29)15-18/h6-8,11-17H,3-5,9-10H2,1-2H3,(H,31,34)(H,32,33)/b30-16-/t17-/m1/s1. The summed E-state index contributed by atoms with van der Waals surface area (Å²) < 4.78 is 10.9. The van der Waals surface area contributed by atoms with Crippen LogP contribution in [0.4, 0.5) is 5.00 Å². The molecule has 4 rings (SSSR count). The van der Waals surface area contributed by atoms with Gasteiger partial charge in [0.25, 0.3) is 11.8 Å². The lowest BCUT2D eigenvalue weighted by Crippen LogP contribution is -2.33. The van der Waals surface area contributed by atoms with Crippen molar-refractivity contribution in [3.63, 3.8) is 0 Å². The number of rotatable bonds is 9. The Morgan fingerprint density at radius 2 is 1.89 bits per heavy atom. The summed E-state index contributed by atoms with van der Waals surface area (Å²) in [6, 6.07) is 13.5. The van der Waals surface area contributed by atoms with Crippen molar-refractivity contribution >= 4 is 51.9 Å². The van der Waals surface area contributed by atoms with Crippen LogP contribution in [0.5, 0.6) is 5.75 Å². The highest BCUT2D eigenvalue weighted by Crippen LogP contribution is 2.38. The minimum Gasteiger partial charge on any atom is -0.481 e. The van der Waals surface area contributed by atoms with Gasteiger partial charge in [-0.1, -0.05) is 23.7 Å². The summed E-state index contributed by atoms with van der Waals surface area (Å²) in [5.41, 5.74) is 5.03. The molecule has 2 aromatic carbocycles. The predicted molar refractivity (Wildman–Crippen MR) is 149 cm³/mol. The van der Waals surface area contributed by atoms with E-state index in [1.54, 1.807) is 56.3 Å². The quantitative estimate of drug-likeness (QED) is 0.203. The van der Waals surface area contributed by atoms with Crippen molar-refractivity contribution in [3.05, 3.63) is 80.7 Å². The maximum Gasteiger partial charge on any atom is 0.341 e. The number of halogens is 1. The van der Waals surface area contributed by atoms with Crippen molar-refractivity contribution in [2.24, 2.45) is 5.10 Å². The number of aryl methyl sites for hydroxylation is 1. The fraction of sp³-hybridized carbons (Fsp3) is 0.286. The second kappa shape index (κ2) is 12.7. The van der Waals surface area contributed by atoms with Crippen LogP contribution in [0.25, 0.3) is 0 Å². The molecule has 1 aliphatic rings. The molecule has 198 valence electrons. The van der Waals surface area contributed by atoms with Crippen molar-refractivity contribution in [2.45, 2.75) is 45.6 Å². The van der Waals surface area contributed by atoms with Crippen LogP contribution in [-0.2, 0) is 22.4 Å². The van der Waals surface area contributed by atoms with E-state index in [0.29, 0.717) is 26.9 Å². The van der Waals surface area contributed by atoms with Gasteiger partial charge in [0.15, 0.2) is 6.10 Å². The Morgan fingerprint density at radius 3 is 2.63 bits per heavy atom. The predicted octanol–water partition coefficient (Wildman–Crippen LogP) is 5.63. The van der Waals surface area contributed by atoms with Crippen LogP contribution in [0, 0.1) is 0 Å². The number of amides is 2. The van der Waals surface area contributed by atoms with Gasteiger partial charge in [-0.05, 0) is 87.1 Å². The van der Waals surface area contributed by atoms with Gasteiger partial charge in [-0.2, -0.15) is 5.10 Å². The van der Waals surface area contributed by atoms with E-state index in [1.807, 2.05) is 6.07 Å². The van der Waals surface area contributed by atoms with Crippen molar-refractivity contribution in [1.82, 2.24) is 5.43 Å². The number of thiophene rings is 1. The molecule has 1 atom stereocenters. The maximum atomic E-state index is 13.0. The molecule has 0 fully saturated rings. The van der Waals surface area contributed by atoms with E-state index in [-0.39, 0.29) is 12.5 Å². The number of hydrogen-bond donors (Lipinski definition) is 2. The van der Waals surface area contributed by atoms with Crippen LogP contribution in [0.1, 0.15) is 63.4 Å². The minimum atomic E-state index is -0.823. The van der Waals surface area contributed by atoms with E-state index in [2.05, 4.69) is 15.8 Å². The number of carbonyl (C=O) groups is 3. The van der Waals surface area contributed by atoms with Crippen LogP contribution >= 0.6 is 22.9 Å². The molecule has 0 saturated heterocycles. The first-order valence-corrected chi connectivity index (χ1v) is 13.5. The lowest BCUT2D eigenvalue weighted by atomic mass is 9.95. The molecule has 0 unspecified atom stereocenters. The largest absolute Gasteiger partial charge is 0.481 e.